The number of aromatic nitrogens is 2. The van der Waals surface area contributed by atoms with Crippen molar-refractivity contribution in [3.05, 3.63) is 48.3 Å². The average Bonchev–Trinajstić information content (AvgIpc) is 2.74. The summed E-state index contributed by atoms with van der Waals surface area (Å²) in [6.45, 7) is 3.90. The van der Waals surface area contributed by atoms with E-state index in [0.29, 0.717) is 6.54 Å². The van der Waals surface area contributed by atoms with Gasteiger partial charge in [-0.25, -0.2) is 9.97 Å². The molecule has 0 atom stereocenters. The number of alkyl halides is 3. The first kappa shape index (κ1) is 24.0. The average molecular weight is 535 g/mol. The number of aliphatic imine (C=N–C) groups is 1. The maximum atomic E-state index is 13.0. The zero-order chi connectivity index (χ0) is 20.7. The maximum absolute atomic E-state index is 13.0. The van der Waals surface area contributed by atoms with Crippen LogP contribution in [0.2, 0.25) is 0 Å². The molecule has 1 aliphatic heterocycles. The largest absolute Gasteiger partial charge is 0.419 e. The number of hydrogen-bond acceptors (Lipinski definition) is 5. The van der Waals surface area contributed by atoms with Gasteiger partial charge in [0.2, 0.25) is 0 Å². The molecule has 0 aliphatic carbocycles. The fourth-order valence-electron chi connectivity index (χ4n) is 3.15. The summed E-state index contributed by atoms with van der Waals surface area (Å²) in [5.41, 5.74) is -0.768. The Balaban J connectivity index is 0.00000320. The summed E-state index contributed by atoms with van der Waals surface area (Å²) in [5.74, 6) is 1.51. The number of guanidine groups is 1. The zero-order valence-electron chi connectivity index (χ0n) is 16.6. The monoisotopic (exact) mass is 535 g/mol. The summed E-state index contributed by atoms with van der Waals surface area (Å²) in [6.07, 6.45) is -1.32. The van der Waals surface area contributed by atoms with E-state index in [1.165, 1.54) is 12.3 Å². The fraction of sp³-hybridized carbons (Fsp3) is 0.421. The summed E-state index contributed by atoms with van der Waals surface area (Å²) in [7, 11) is 1.70. The molecule has 0 saturated carbocycles. The van der Waals surface area contributed by atoms with E-state index >= 15 is 0 Å². The Morgan fingerprint density at radius 2 is 1.77 bits per heavy atom. The molecule has 1 aliphatic rings. The molecule has 2 aromatic rings. The van der Waals surface area contributed by atoms with Crippen molar-refractivity contribution in [3.63, 3.8) is 0 Å². The lowest BCUT2D eigenvalue weighted by atomic mass is 10.2. The van der Waals surface area contributed by atoms with Crippen LogP contribution >= 0.6 is 24.0 Å². The molecule has 0 unspecified atom stereocenters. The van der Waals surface area contributed by atoms with Crippen LogP contribution in [-0.4, -0.2) is 67.1 Å². The highest BCUT2D eigenvalue weighted by Gasteiger charge is 2.33. The van der Waals surface area contributed by atoms with Crippen LogP contribution in [-0.2, 0) is 6.18 Å². The second-order valence-electron chi connectivity index (χ2n) is 6.46. The van der Waals surface area contributed by atoms with Gasteiger partial charge in [-0.2, -0.15) is 13.2 Å². The van der Waals surface area contributed by atoms with E-state index in [9.17, 15) is 13.2 Å². The summed E-state index contributed by atoms with van der Waals surface area (Å²) < 4.78 is 39.0. The SMILES string of the molecule is CN=C(NCCNc1ncccc1C(F)(F)F)N1CCN(c2ccccn2)CC1.I. The summed E-state index contributed by atoms with van der Waals surface area (Å²) >= 11 is 0. The van der Waals surface area contributed by atoms with Crippen molar-refractivity contribution in [3.8, 4) is 0 Å². The Hall–Kier alpha value is -2.31. The van der Waals surface area contributed by atoms with Crippen LogP contribution in [0.3, 0.4) is 0 Å². The molecule has 1 saturated heterocycles. The van der Waals surface area contributed by atoms with Crippen LogP contribution < -0.4 is 15.5 Å². The van der Waals surface area contributed by atoms with E-state index in [1.54, 1.807) is 13.2 Å². The molecule has 1 fully saturated rings. The van der Waals surface area contributed by atoms with Gasteiger partial charge >= 0.3 is 6.18 Å². The number of rotatable bonds is 5. The van der Waals surface area contributed by atoms with Crippen molar-refractivity contribution in [1.29, 1.82) is 0 Å². The van der Waals surface area contributed by atoms with Crippen LogP contribution in [0.25, 0.3) is 0 Å². The van der Waals surface area contributed by atoms with E-state index < -0.39 is 11.7 Å². The molecule has 0 aromatic carbocycles. The Morgan fingerprint density at radius 1 is 1.03 bits per heavy atom. The molecule has 2 N–H and O–H groups in total. The molecule has 0 amide bonds. The van der Waals surface area contributed by atoms with E-state index in [1.807, 2.05) is 18.2 Å². The first-order valence-electron chi connectivity index (χ1n) is 9.36. The summed E-state index contributed by atoms with van der Waals surface area (Å²) in [6, 6.07) is 8.14. The van der Waals surface area contributed by atoms with Crippen LogP contribution in [0, 0.1) is 0 Å². The van der Waals surface area contributed by atoms with Gasteiger partial charge in [-0.15, -0.1) is 24.0 Å². The van der Waals surface area contributed by atoms with Gasteiger partial charge in [0.15, 0.2) is 5.96 Å². The number of piperazine rings is 1. The summed E-state index contributed by atoms with van der Waals surface area (Å²) in [5, 5.41) is 5.94. The normalized spacial score (nSPS) is 14.9. The van der Waals surface area contributed by atoms with Crippen LogP contribution in [0.5, 0.6) is 0 Å². The third-order valence-corrected chi connectivity index (χ3v) is 4.58. The van der Waals surface area contributed by atoms with Crippen molar-refractivity contribution in [2.75, 3.05) is 56.5 Å². The fourth-order valence-corrected chi connectivity index (χ4v) is 3.15. The molecule has 164 valence electrons. The number of pyridine rings is 2. The van der Waals surface area contributed by atoms with Crippen LogP contribution in [0.1, 0.15) is 5.56 Å². The van der Waals surface area contributed by atoms with Gasteiger partial charge in [0.25, 0.3) is 0 Å². The zero-order valence-corrected chi connectivity index (χ0v) is 18.9. The van der Waals surface area contributed by atoms with Crippen molar-refractivity contribution >= 4 is 41.6 Å². The van der Waals surface area contributed by atoms with E-state index in [0.717, 1.165) is 44.0 Å². The molecule has 7 nitrogen and oxygen atoms in total. The number of nitrogens with zero attached hydrogens (tertiary/aromatic N) is 5. The first-order chi connectivity index (χ1) is 14.0. The molecule has 3 heterocycles. The predicted octanol–water partition coefficient (Wildman–Crippen LogP) is 2.92. The highest BCUT2D eigenvalue weighted by Crippen LogP contribution is 2.33. The smallest absolute Gasteiger partial charge is 0.368 e. The van der Waals surface area contributed by atoms with Crippen molar-refractivity contribution in [2.24, 2.45) is 4.99 Å². The minimum atomic E-state index is -4.44. The van der Waals surface area contributed by atoms with Crippen LogP contribution in [0.15, 0.2) is 47.7 Å². The van der Waals surface area contributed by atoms with Gasteiger partial charge < -0.3 is 20.4 Å². The topological polar surface area (TPSA) is 68.7 Å². The lowest BCUT2D eigenvalue weighted by Gasteiger charge is -2.37. The molecule has 11 heteroatoms. The standard InChI is InChI=1S/C19H24F3N7.HI/c1-23-18(29-13-11-28(12-14-29)16-6-2-3-7-24-16)27-10-9-26-17-15(19(20,21)22)5-4-8-25-17;/h2-8H,9-14H2,1H3,(H,23,27)(H,25,26);1H. The highest BCUT2D eigenvalue weighted by molar-refractivity contribution is 14.0. The maximum Gasteiger partial charge on any atom is 0.419 e. The minimum Gasteiger partial charge on any atom is -0.368 e. The third-order valence-electron chi connectivity index (χ3n) is 4.58. The Kier molecular flexibility index (Phi) is 8.93. The second-order valence-corrected chi connectivity index (χ2v) is 6.46. The lowest BCUT2D eigenvalue weighted by Crippen LogP contribution is -2.53. The Labute approximate surface area is 190 Å². The second kappa shape index (κ2) is 11.2. The van der Waals surface area contributed by atoms with Crippen molar-refractivity contribution < 1.29 is 13.2 Å². The van der Waals surface area contributed by atoms with Crippen molar-refractivity contribution in [2.45, 2.75) is 6.18 Å². The van der Waals surface area contributed by atoms with E-state index in [-0.39, 0.29) is 36.3 Å². The lowest BCUT2D eigenvalue weighted by molar-refractivity contribution is -0.137. The van der Waals surface area contributed by atoms with Gasteiger partial charge in [-0.3, -0.25) is 4.99 Å². The Morgan fingerprint density at radius 3 is 2.40 bits per heavy atom. The molecular formula is C19H25F3IN7. The molecule has 3 rings (SSSR count). The van der Waals surface area contributed by atoms with Gasteiger partial charge in [0.05, 0.1) is 5.56 Å². The highest BCUT2D eigenvalue weighted by atomic mass is 127. The number of nitrogens with one attached hydrogen (secondary N) is 2. The molecular weight excluding hydrogens is 510 g/mol. The van der Waals surface area contributed by atoms with Gasteiger partial charge in [-0.05, 0) is 24.3 Å². The summed E-state index contributed by atoms with van der Waals surface area (Å²) in [4.78, 5) is 16.8. The molecule has 2 aromatic heterocycles. The first-order valence-corrected chi connectivity index (χ1v) is 9.36. The quantitative estimate of drug-likeness (QED) is 0.266. The van der Waals surface area contributed by atoms with Gasteiger partial charge in [0.1, 0.15) is 11.6 Å². The van der Waals surface area contributed by atoms with E-state index in [4.69, 9.17) is 0 Å². The van der Waals surface area contributed by atoms with E-state index in [2.05, 4.69) is 35.4 Å². The van der Waals surface area contributed by atoms with Crippen LogP contribution in [0.4, 0.5) is 24.8 Å². The number of halogens is 4. The minimum absolute atomic E-state index is 0. The third kappa shape index (κ3) is 6.34. The molecule has 30 heavy (non-hydrogen) atoms. The van der Waals surface area contributed by atoms with Gasteiger partial charge in [0, 0.05) is 58.7 Å². The molecule has 0 radical (unpaired) electrons. The van der Waals surface area contributed by atoms with Gasteiger partial charge in [-0.1, -0.05) is 6.07 Å². The number of anilines is 2. The Bertz CT molecular complexity index is 809. The number of hydrogen-bond donors (Lipinski definition) is 2. The molecule has 0 spiro atoms. The molecule has 0 bridgehead atoms. The predicted molar refractivity (Wildman–Crippen MR) is 123 cm³/mol. The van der Waals surface area contributed by atoms with Crippen molar-refractivity contribution in [1.82, 2.24) is 20.2 Å².